The van der Waals surface area contributed by atoms with Crippen LogP contribution in [0, 0.1) is 13.8 Å². The molecule has 0 unspecified atom stereocenters. The van der Waals surface area contributed by atoms with Gasteiger partial charge in [0.05, 0.1) is 0 Å². The van der Waals surface area contributed by atoms with E-state index in [9.17, 15) is 4.79 Å². The summed E-state index contributed by atoms with van der Waals surface area (Å²) in [6, 6.07) is 6.13. The first kappa shape index (κ1) is 10.8. The van der Waals surface area contributed by atoms with Gasteiger partial charge in [0.1, 0.15) is 0 Å². The topological polar surface area (TPSA) is 17.1 Å². The molecule has 0 spiro atoms. The van der Waals surface area contributed by atoms with Gasteiger partial charge in [0.2, 0.25) is 0 Å². The van der Waals surface area contributed by atoms with Crippen molar-refractivity contribution < 1.29 is 4.79 Å². The predicted molar refractivity (Wildman–Crippen MR) is 66.1 cm³/mol. The first-order chi connectivity index (χ1) is 7.20. The number of carbonyl (C=O) groups excluding carboxylic acids is 1. The Bertz CT molecular complexity index is 358. The summed E-state index contributed by atoms with van der Waals surface area (Å²) in [5.41, 5.74) is 3.74. The van der Waals surface area contributed by atoms with E-state index in [1.807, 2.05) is 32.0 Å². The molecule has 0 amide bonds. The Morgan fingerprint density at radius 1 is 1.13 bits per heavy atom. The fourth-order valence-electron chi connectivity index (χ4n) is 2.23. The number of hydrogen-bond donors (Lipinski definition) is 0. The molecular formula is C13H17OP. The third kappa shape index (κ3) is 2.13. The monoisotopic (exact) mass is 220 g/mol. The van der Waals surface area contributed by atoms with Gasteiger partial charge in [-0.15, -0.1) is 0 Å². The summed E-state index contributed by atoms with van der Waals surface area (Å²) >= 11 is 0. The van der Waals surface area contributed by atoms with E-state index in [0.29, 0.717) is 5.52 Å². The molecule has 1 aromatic carbocycles. The van der Waals surface area contributed by atoms with Crippen LogP contribution in [0.15, 0.2) is 18.2 Å². The smallest absolute Gasteiger partial charge is 0.184 e. The summed E-state index contributed by atoms with van der Waals surface area (Å²) in [6.07, 6.45) is 4.81. The second kappa shape index (κ2) is 4.45. The zero-order valence-corrected chi connectivity index (χ0v) is 10.3. The number of aryl methyl sites for hydroxylation is 2. The number of rotatable bonds is 2. The molecular weight excluding hydrogens is 203 g/mol. The molecule has 2 rings (SSSR count). The van der Waals surface area contributed by atoms with Gasteiger partial charge in [-0.05, 0) is 58.1 Å². The minimum Gasteiger partial charge on any atom is -0.289 e. The van der Waals surface area contributed by atoms with Crippen LogP contribution in [0.5, 0.6) is 0 Å². The second-order valence-corrected chi connectivity index (χ2v) is 6.65. The SMILES string of the molecule is Cc1cccc(C)c1C(=O)P1CCCC1. The number of carbonyl (C=O) groups is 1. The first-order valence-corrected chi connectivity index (χ1v) is 7.27. The van der Waals surface area contributed by atoms with Crippen molar-refractivity contribution in [2.75, 3.05) is 12.3 Å². The predicted octanol–water partition coefficient (Wildman–Crippen LogP) is 3.72. The maximum atomic E-state index is 12.3. The normalized spacial score (nSPS) is 16.9. The van der Waals surface area contributed by atoms with Gasteiger partial charge in [-0.3, -0.25) is 4.79 Å². The van der Waals surface area contributed by atoms with Crippen LogP contribution in [-0.4, -0.2) is 17.8 Å². The van der Waals surface area contributed by atoms with Gasteiger partial charge in [-0.2, -0.15) is 0 Å². The van der Waals surface area contributed by atoms with E-state index in [-0.39, 0.29) is 7.92 Å². The Labute approximate surface area is 92.6 Å². The van der Waals surface area contributed by atoms with Crippen LogP contribution in [0.3, 0.4) is 0 Å². The molecule has 1 nitrogen and oxygen atoms in total. The average molecular weight is 220 g/mol. The lowest BCUT2D eigenvalue weighted by Gasteiger charge is -2.13. The lowest BCUT2D eigenvalue weighted by molar-refractivity contribution is 0.108. The molecule has 0 atom stereocenters. The van der Waals surface area contributed by atoms with Gasteiger partial charge in [0.15, 0.2) is 5.52 Å². The molecule has 80 valence electrons. The molecule has 0 radical (unpaired) electrons. The Hall–Kier alpha value is -0.680. The summed E-state index contributed by atoms with van der Waals surface area (Å²) in [6.45, 7) is 4.09. The highest BCUT2D eigenvalue weighted by Gasteiger charge is 2.25. The zero-order valence-electron chi connectivity index (χ0n) is 9.42. The number of benzene rings is 1. The molecule has 0 saturated carbocycles. The van der Waals surface area contributed by atoms with E-state index in [1.54, 1.807) is 0 Å². The van der Waals surface area contributed by atoms with Crippen molar-refractivity contribution in [3.05, 3.63) is 34.9 Å². The first-order valence-electron chi connectivity index (χ1n) is 5.55. The van der Waals surface area contributed by atoms with Crippen molar-refractivity contribution in [1.82, 2.24) is 0 Å². The van der Waals surface area contributed by atoms with Crippen LogP contribution < -0.4 is 0 Å². The van der Waals surface area contributed by atoms with Gasteiger partial charge < -0.3 is 0 Å². The average Bonchev–Trinajstić information content (AvgIpc) is 2.69. The van der Waals surface area contributed by atoms with Crippen molar-refractivity contribution in [1.29, 1.82) is 0 Å². The minimum atomic E-state index is -0.354. The molecule has 1 aliphatic rings. The number of hydrogen-bond acceptors (Lipinski definition) is 1. The van der Waals surface area contributed by atoms with Crippen LogP contribution in [0.25, 0.3) is 0 Å². The van der Waals surface area contributed by atoms with Gasteiger partial charge >= 0.3 is 0 Å². The van der Waals surface area contributed by atoms with Gasteiger partial charge in [-0.1, -0.05) is 18.2 Å². The summed E-state index contributed by atoms with van der Waals surface area (Å²) in [5, 5.41) is 0. The van der Waals surface area contributed by atoms with E-state index in [0.717, 1.165) is 29.0 Å². The molecule has 0 aliphatic carbocycles. The Morgan fingerprint density at radius 2 is 1.67 bits per heavy atom. The highest BCUT2D eigenvalue weighted by Crippen LogP contribution is 2.47. The lowest BCUT2D eigenvalue weighted by atomic mass is 10.0. The fourth-order valence-corrected chi connectivity index (χ4v) is 4.74. The largest absolute Gasteiger partial charge is 0.289 e. The van der Waals surface area contributed by atoms with Crippen LogP contribution in [0.1, 0.15) is 34.3 Å². The van der Waals surface area contributed by atoms with Crippen molar-refractivity contribution in [2.24, 2.45) is 0 Å². The molecule has 2 heteroatoms. The van der Waals surface area contributed by atoms with Crippen molar-refractivity contribution in [3.8, 4) is 0 Å². The van der Waals surface area contributed by atoms with Crippen LogP contribution in [-0.2, 0) is 0 Å². The van der Waals surface area contributed by atoms with Crippen molar-refractivity contribution in [2.45, 2.75) is 26.7 Å². The second-order valence-electron chi connectivity index (χ2n) is 4.27. The van der Waals surface area contributed by atoms with Crippen LogP contribution in [0.2, 0.25) is 0 Å². The molecule has 0 bridgehead atoms. The molecule has 15 heavy (non-hydrogen) atoms. The molecule has 1 saturated heterocycles. The maximum Gasteiger partial charge on any atom is 0.184 e. The van der Waals surface area contributed by atoms with E-state index in [2.05, 4.69) is 0 Å². The summed E-state index contributed by atoms with van der Waals surface area (Å²) in [7, 11) is -0.354. The zero-order chi connectivity index (χ0) is 10.8. The molecule has 0 N–H and O–H groups in total. The van der Waals surface area contributed by atoms with E-state index >= 15 is 0 Å². The fraction of sp³-hybridized carbons (Fsp3) is 0.462. The van der Waals surface area contributed by atoms with Crippen molar-refractivity contribution in [3.63, 3.8) is 0 Å². The summed E-state index contributed by atoms with van der Waals surface area (Å²) in [4.78, 5) is 12.3. The van der Waals surface area contributed by atoms with Crippen LogP contribution >= 0.6 is 7.92 Å². The van der Waals surface area contributed by atoms with Gasteiger partial charge in [0.25, 0.3) is 0 Å². The Morgan fingerprint density at radius 3 is 2.20 bits per heavy atom. The summed E-state index contributed by atoms with van der Waals surface area (Å²) in [5.74, 6) is 0. The molecule has 1 aliphatic heterocycles. The third-order valence-electron chi connectivity index (χ3n) is 3.09. The highest BCUT2D eigenvalue weighted by molar-refractivity contribution is 7.75. The molecule has 1 fully saturated rings. The third-order valence-corrected chi connectivity index (χ3v) is 5.60. The Balaban J connectivity index is 2.32. The molecule has 0 aromatic heterocycles. The van der Waals surface area contributed by atoms with Crippen molar-refractivity contribution >= 4 is 13.4 Å². The lowest BCUT2D eigenvalue weighted by Crippen LogP contribution is -2.03. The molecule has 1 aromatic rings. The quantitative estimate of drug-likeness (QED) is 0.694. The highest BCUT2D eigenvalue weighted by atomic mass is 31.1. The van der Waals surface area contributed by atoms with E-state index in [4.69, 9.17) is 0 Å². The summed E-state index contributed by atoms with van der Waals surface area (Å²) < 4.78 is 0. The van der Waals surface area contributed by atoms with E-state index in [1.165, 1.54) is 12.8 Å². The minimum absolute atomic E-state index is 0.354. The van der Waals surface area contributed by atoms with E-state index < -0.39 is 0 Å². The van der Waals surface area contributed by atoms with Gasteiger partial charge in [-0.25, -0.2) is 0 Å². The Kier molecular flexibility index (Phi) is 3.21. The molecule has 1 heterocycles. The van der Waals surface area contributed by atoms with Crippen LogP contribution in [0.4, 0.5) is 0 Å². The standard InChI is InChI=1S/C13H17OP/c1-10-6-5-7-11(2)12(10)13(14)15-8-3-4-9-15/h5-7H,3-4,8-9H2,1-2H3. The van der Waals surface area contributed by atoms with Gasteiger partial charge in [0, 0.05) is 5.56 Å². The maximum absolute atomic E-state index is 12.3.